The minimum absolute atomic E-state index is 0.327. The Kier molecular flexibility index (Phi) is 3.13. The molecule has 0 saturated heterocycles. The molecule has 0 N–H and O–H groups in total. The number of rotatable bonds is 2. The number of hydrogen-bond acceptors (Lipinski definition) is 5. The standard InChI is InChI=1S/C11H10F2N6S/c1-6-8(5-7-3-4-18(2)17-7)20-11-15-14-10(9(12)13)19(11)16-6/h3-5,9H,1-2H3. The van der Waals surface area contributed by atoms with Crippen LogP contribution in [0.25, 0.3) is 6.08 Å². The van der Waals surface area contributed by atoms with Gasteiger partial charge in [0.05, 0.1) is 11.4 Å². The van der Waals surface area contributed by atoms with Crippen molar-refractivity contribution in [2.75, 3.05) is 0 Å². The van der Waals surface area contributed by atoms with Crippen molar-refractivity contribution in [3.8, 4) is 0 Å². The Morgan fingerprint density at radius 3 is 2.80 bits per heavy atom. The predicted molar refractivity (Wildman–Crippen MR) is 70.5 cm³/mol. The smallest absolute Gasteiger partial charge is 0.275 e. The van der Waals surface area contributed by atoms with E-state index in [1.54, 1.807) is 11.6 Å². The van der Waals surface area contributed by atoms with E-state index >= 15 is 0 Å². The Labute approximate surface area is 117 Å². The second-order valence-corrected chi connectivity index (χ2v) is 5.17. The molecule has 0 aliphatic carbocycles. The van der Waals surface area contributed by atoms with Gasteiger partial charge in [-0.15, -0.1) is 10.2 Å². The van der Waals surface area contributed by atoms with Gasteiger partial charge in [-0.1, -0.05) is 0 Å². The van der Waals surface area contributed by atoms with Crippen LogP contribution in [0.4, 0.5) is 8.78 Å². The lowest BCUT2D eigenvalue weighted by Crippen LogP contribution is -2.09. The lowest BCUT2D eigenvalue weighted by molar-refractivity contribution is 0.135. The molecule has 0 amide bonds. The highest BCUT2D eigenvalue weighted by molar-refractivity contribution is 8.04. The van der Waals surface area contributed by atoms with E-state index in [1.807, 2.05) is 25.4 Å². The fraction of sp³-hybridized carbons (Fsp3) is 0.273. The highest BCUT2D eigenvalue weighted by atomic mass is 32.2. The van der Waals surface area contributed by atoms with Crippen molar-refractivity contribution in [3.63, 3.8) is 0 Å². The maximum atomic E-state index is 12.7. The number of aromatic nitrogens is 5. The van der Waals surface area contributed by atoms with Gasteiger partial charge < -0.3 is 0 Å². The fourth-order valence-electron chi connectivity index (χ4n) is 1.72. The first-order valence-corrected chi connectivity index (χ1v) is 6.55. The molecule has 104 valence electrons. The van der Waals surface area contributed by atoms with Crippen LogP contribution in [0.2, 0.25) is 0 Å². The summed E-state index contributed by atoms with van der Waals surface area (Å²) >= 11 is 1.24. The molecule has 0 radical (unpaired) electrons. The van der Waals surface area contributed by atoms with Crippen molar-refractivity contribution in [2.45, 2.75) is 18.5 Å². The fourth-order valence-corrected chi connectivity index (χ4v) is 2.59. The third-order valence-corrected chi connectivity index (χ3v) is 3.72. The maximum Gasteiger partial charge on any atom is 0.299 e. The summed E-state index contributed by atoms with van der Waals surface area (Å²) in [6, 6.07) is 1.85. The molecule has 3 heterocycles. The van der Waals surface area contributed by atoms with Gasteiger partial charge in [0.2, 0.25) is 11.0 Å². The molecule has 0 aromatic carbocycles. The molecule has 0 spiro atoms. The number of halogens is 2. The van der Waals surface area contributed by atoms with Gasteiger partial charge in [-0.25, -0.2) is 8.78 Å². The molecule has 0 fully saturated rings. The SMILES string of the molecule is CC1=Nn2c(nnc2C(F)F)SC1=Cc1ccn(C)n1. The lowest BCUT2D eigenvalue weighted by atomic mass is 10.3. The third-order valence-electron chi connectivity index (χ3n) is 2.65. The van der Waals surface area contributed by atoms with Crippen LogP contribution in [0.3, 0.4) is 0 Å². The summed E-state index contributed by atoms with van der Waals surface area (Å²) in [5.74, 6) is -0.441. The van der Waals surface area contributed by atoms with Crippen LogP contribution in [-0.4, -0.2) is 30.4 Å². The summed E-state index contributed by atoms with van der Waals surface area (Å²) in [5.41, 5.74) is 1.39. The molecule has 2 aromatic rings. The minimum atomic E-state index is -2.70. The monoisotopic (exact) mass is 296 g/mol. The van der Waals surface area contributed by atoms with Gasteiger partial charge in [0, 0.05) is 18.1 Å². The molecule has 0 atom stereocenters. The maximum absolute atomic E-state index is 12.7. The molecular formula is C11H10F2N6S. The van der Waals surface area contributed by atoms with Crippen LogP contribution < -0.4 is 0 Å². The van der Waals surface area contributed by atoms with Crippen molar-refractivity contribution < 1.29 is 8.78 Å². The van der Waals surface area contributed by atoms with Crippen LogP contribution in [0.5, 0.6) is 0 Å². The molecule has 0 bridgehead atoms. The second-order valence-electron chi connectivity index (χ2n) is 4.16. The van der Waals surface area contributed by atoms with E-state index in [1.165, 1.54) is 11.8 Å². The Bertz CT molecular complexity index is 714. The van der Waals surface area contributed by atoms with Gasteiger partial charge in [0.25, 0.3) is 6.43 Å². The average molecular weight is 296 g/mol. The molecule has 9 heteroatoms. The molecule has 1 aliphatic heterocycles. The second kappa shape index (κ2) is 4.82. The van der Waals surface area contributed by atoms with Gasteiger partial charge in [-0.3, -0.25) is 4.68 Å². The van der Waals surface area contributed by atoms with E-state index in [-0.39, 0.29) is 0 Å². The Morgan fingerprint density at radius 2 is 2.15 bits per heavy atom. The number of hydrogen-bond donors (Lipinski definition) is 0. The highest BCUT2D eigenvalue weighted by Crippen LogP contribution is 2.34. The molecular weight excluding hydrogens is 286 g/mol. The zero-order chi connectivity index (χ0) is 14.3. The van der Waals surface area contributed by atoms with Crippen molar-refractivity contribution >= 4 is 23.5 Å². The van der Waals surface area contributed by atoms with Crippen LogP contribution in [0.1, 0.15) is 24.9 Å². The van der Waals surface area contributed by atoms with Crippen LogP contribution >= 0.6 is 11.8 Å². The molecule has 0 unspecified atom stereocenters. The van der Waals surface area contributed by atoms with Crippen molar-refractivity contribution in [1.29, 1.82) is 0 Å². The summed E-state index contributed by atoms with van der Waals surface area (Å²) in [5, 5.41) is 15.9. The first-order chi connectivity index (χ1) is 9.54. The van der Waals surface area contributed by atoms with E-state index in [0.29, 0.717) is 10.9 Å². The van der Waals surface area contributed by atoms with Crippen molar-refractivity contribution in [3.05, 3.63) is 28.7 Å². The van der Waals surface area contributed by atoms with Gasteiger partial charge in [-0.05, 0) is 30.8 Å². The Balaban J connectivity index is 1.98. The van der Waals surface area contributed by atoms with Gasteiger partial charge in [0.15, 0.2) is 0 Å². The quantitative estimate of drug-likeness (QED) is 0.853. The number of fused-ring (bicyclic) bond motifs is 1. The molecule has 2 aromatic heterocycles. The topological polar surface area (TPSA) is 60.9 Å². The Morgan fingerprint density at radius 1 is 1.35 bits per heavy atom. The summed E-state index contributed by atoms with van der Waals surface area (Å²) < 4.78 is 28.2. The summed E-state index contributed by atoms with van der Waals surface area (Å²) in [6.45, 7) is 1.75. The van der Waals surface area contributed by atoms with Crippen LogP contribution in [-0.2, 0) is 7.05 Å². The number of alkyl halides is 2. The largest absolute Gasteiger partial charge is 0.299 e. The van der Waals surface area contributed by atoms with E-state index < -0.39 is 12.2 Å². The number of nitrogens with zero attached hydrogens (tertiary/aromatic N) is 6. The minimum Gasteiger partial charge on any atom is -0.275 e. The number of aryl methyl sites for hydroxylation is 1. The predicted octanol–water partition coefficient (Wildman–Crippen LogP) is 2.32. The summed E-state index contributed by atoms with van der Waals surface area (Å²) in [6.07, 6.45) is 0.961. The summed E-state index contributed by atoms with van der Waals surface area (Å²) in [7, 11) is 1.82. The van der Waals surface area contributed by atoms with Gasteiger partial charge >= 0.3 is 0 Å². The van der Waals surface area contributed by atoms with E-state index in [4.69, 9.17) is 0 Å². The number of allylic oxidation sites excluding steroid dienone is 1. The molecule has 3 rings (SSSR count). The van der Waals surface area contributed by atoms with E-state index in [0.717, 1.165) is 15.3 Å². The highest BCUT2D eigenvalue weighted by Gasteiger charge is 2.25. The lowest BCUT2D eigenvalue weighted by Gasteiger charge is -2.13. The van der Waals surface area contributed by atoms with E-state index in [2.05, 4.69) is 20.4 Å². The van der Waals surface area contributed by atoms with Gasteiger partial charge in [-0.2, -0.15) is 14.9 Å². The zero-order valence-corrected chi connectivity index (χ0v) is 11.5. The normalized spacial score (nSPS) is 16.6. The van der Waals surface area contributed by atoms with Crippen molar-refractivity contribution in [1.82, 2.24) is 24.7 Å². The van der Waals surface area contributed by atoms with Crippen LogP contribution in [0, 0.1) is 0 Å². The number of thioether (sulfide) groups is 1. The van der Waals surface area contributed by atoms with Crippen molar-refractivity contribution in [2.24, 2.45) is 12.1 Å². The van der Waals surface area contributed by atoms with E-state index in [9.17, 15) is 8.78 Å². The van der Waals surface area contributed by atoms with Crippen LogP contribution in [0.15, 0.2) is 27.4 Å². The first-order valence-electron chi connectivity index (χ1n) is 5.73. The molecule has 6 nitrogen and oxygen atoms in total. The average Bonchev–Trinajstić information content (AvgIpc) is 2.96. The Hall–Kier alpha value is -2.03. The summed E-state index contributed by atoms with van der Waals surface area (Å²) in [4.78, 5) is 0.810. The molecule has 1 aliphatic rings. The first kappa shape index (κ1) is 13.0. The third kappa shape index (κ3) is 2.24. The molecule has 20 heavy (non-hydrogen) atoms. The van der Waals surface area contributed by atoms with Gasteiger partial charge in [0.1, 0.15) is 0 Å². The zero-order valence-electron chi connectivity index (χ0n) is 10.7. The molecule has 0 saturated carbocycles.